The number of nitrogens with zero attached hydrogens (tertiary/aromatic N) is 3. The van der Waals surface area contributed by atoms with Crippen molar-refractivity contribution in [2.45, 2.75) is 52.1 Å². The van der Waals surface area contributed by atoms with E-state index in [0.29, 0.717) is 22.7 Å². The van der Waals surface area contributed by atoms with E-state index in [1.807, 2.05) is 13.8 Å². The molecular formula is C26H30FN5O3. The first-order chi connectivity index (χ1) is 16.9. The van der Waals surface area contributed by atoms with E-state index >= 15 is 0 Å². The minimum Gasteiger partial charge on any atom is -0.497 e. The molecule has 2 aromatic carbocycles. The van der Waals surface area contributed by atoms with Crippen molar-refractivity contribution >= 4 is 17.5 Å². The van der Waals surface area contributed by atoms with Gasteiger partial charge in [-0.25, -0.2) is 4.39 Å². The largest absolute Gasteiger partial charge is 0.497 e. The van der Waals surface area contributed by atoms with Gasteiger partial charge in [-0.15, -0.1) is 10.2 Å². The molecular weight excluding hydrogens is 449 g/mol. The molecule has 1 atom stereocenters. The fraction of sp³-hybridized carbons (Fsp3) is 0.385. The molecule has 1 aliphatic heterocycles. The number of aromatic nitrogens is 3. The molecule has 0 spiro atoms. The summed E-state index contributed by atoms with van der Waals surface area (Å²) in [6.45, 7) is 4.44. The zero-order chi connectivity index (χ0) is 24.9. The SMILES string of the molecule is COc1ccc(C(=O)NC(C(=O)Nc2cc(-c3nnc4n3CCCCC4)ccc2F)C(C)C)cc1. The van der Waals surface area contributed by atoms with Crippen molar-refractivity contribution in [3.8, 4) is 17.1 Å². The zero-order valence-corrected chi connectivity index (χ0v) is 20.2. The molecule has 1 aromatic heterocycles. The highest BCUT2D eigenvalue weighted by Gasteiger charge is 2.26. The Morgan fingerprint density at radius 2 is 1.83 bits per heavy atom. The Balaban J connectivity index is 1.52. The van der Waals surface area contributed by atoms with Crippen LogP contribution in [0.5, 0.6) is 5.75 Å². The van der Waals surface area contributed by atoms with Crippen LogP contribution in [0.15, 0.2) is 42.5 Å². The highest BCUT2D eigenvalue weighted by Crippen LogP contribution is 2.27. The minimum absolute atomic E-state index is 0.0304. The second kappa shape index (κ2) is 10.7. The molecule has 0 saturated carbocycles. The summed E-state index contributed by atoms with van der Waals surface area (Å²) < 4.78 is 21.9. The number of rotatable bonds is 7. The van der Waals surface area contributed by atoms with Gasteiger partial charge in [0.2, 0.25) is 5.91 Å². The quantitative estimate of drug-likeness (QED) is 0.529. The Bertz CT molecular complexity index is 1210. The van der Waals surface area contributed by atoms with Crippen LogP contribution in [0.25, 0.3) is 11.4 Å². The van der Waals surface area contributed by atoms with Gasteiger partial charge in [0.05, 0.1) is 12.8 Å². The monoisotopic (exact) mass is 479 g/mol. The number of methoxy groups -OCH3 is 1. The van der Waals surface area contributed by atoms with Gasteiger partial charge in [0.15, 0.2) is 5.82 Å². The van der Waals surface area contributed by atoms with Crippen LogP contribution in [0.3, 0.4) is 0 Å². The molecule has 0 radical (unpaired) electrons. The molecule has 8 nitrogen and oxygen atoms in total. The maximum absolute atomic E-state index is 14.7. The van der Waals surface area contributed by atoms with Crippen molar-refractivity contribution in [3.05, 3.63) is 59.7 Å². The van der Waals surface area contributed by atoms with Crippen LogP contribution < -0.4 is 15.4 Å². The van der Waals surface area contributed by atoms with Crippen molar-refractivity contribution in [3.63, 3.8) is 0 Å². The van der Waals surface area contributed by atoms with Gasteiger partial charge in [0, 0.05) is 24.1 Å². The number of nitrogens with one attached hydrogen (secondary N) is 2. The summed E-state index contributed by atoms with van der Waals surface area (Å²) in [7, 11) is 1.54. The number of amides is 2. The second-order valence-electron chi connectivity index (χ2n) is 9.01. The molecule has 3 aromatic rings. The summed E-state index contributed by atoms with van der Waals surface area (Å²) in [5.41, 5.74) is 1.10. The van der Waals surface area contributed by atoms with E-state index in [-0.39, 0.29) is 11.6 Å². The molecule has 35 heavy (non-hydrogen) atoms. The standard InChI is InChI=1S/C26H30FN5O3/c1-16(2)23(29-25(33)17-8-11-19(35-3)12-9-17)26(34)28-21-15-18(10-13-20(21)27)24-31-30-22-7-5-4-6-14-32(22)24/h8-13,15-16,23H,4-7,14H2,1-3H3,(H,28,34)(H,29,33). The summed E-state index contributed by atoms with van der Waals surface area (Å²) in [6.07, 6.45) is 4.10. The summed E-state index contributed by atoms with van der Waals surface area (Å²) in [5, 5.41) is 14.0. The van der Waals surface area contributed by atoms with E-state index < -0.39 is 23.7 Å². The fourth-order valence-electron chi connectivity index (χ4n) is 4.17. The number of benzene rings is 2. The van der Waals surface area contributed by atoms with E-state index in [1.165, 1.54) is 6.07 Å². The van der Waals surface area contributed by atoms with Crippen LogP contribution in [0, 0.1) is 11.7 Å². The van der Waals surface area contributed by atoms with Crippen LogP contribution in [0.4, 0.5) is 10.1 Å². The number of hydrogen-bond acceptors (Lipinski definition) is 5. The predicted molar refractivity (Wildman–Crippen MR) is 131 cm³/mol. The molecule has 0 fully saturated rings. The first-order valence-electron chi connectivity index (χ1n) is 11.8. The number of ether oxygens (including phenoxy) is 1. The van der Waals surface area contributed by atoms with Gasteiger partial charge in [0.25, 0.3) is 5.91 Å². The van der Waals surface area contributed by atoms with Crippen LogP contribution in [-0.2, 0) is 17.8 Å². The highest BCUT2D eigenvalue weighted by atomic mass is 19.1. The Morgan fingerprint density at radius 3 is 2.54 bits per heavy atom. The van der Waals surface area contributed by atoms with E-state index in [2.05, 4.69) is 25.4 Å². The molecule has 0 bridgehead atoms. The van der Waals surface area contributed by atoms with E-state index in [0.717, 1.165) is 38.1 Å². The maximum Gasteiger partial charge on any atom is 0.251 e. The van der Waals surface area contributed by atoms with Gasteiger partial charge in [-0.2, -0.15) is 0 Å². The molecule has 2 amide bonds. The molecule has 184 valence electrons. The molecule has 1 unspecified atom stereocenters. The Labute approximate surface area is 203 Å². The van der Waals surface area contributed by atoms with Crippen LogP contribution >= 0.6 is 0 Å². The van der Waals surface area contributed by atoms with Gasteiger partial charge in [-0.3, -0.25) is 9.59 Å². The molecule has 9 heteroatoms. The second-order valence-corrected chi connectivity index (χ2v) is 9.01. The molecule has 2 heterocycles. The van der Waals surface area contributed by atoms with Crippen LogP contribution in [0.2, 0.25) is 0 Å². The number of carbonyl (C=O) groups excluding carboxylic acids is 2. The maximum atomic E-state index is 14.7. The lowest BCUT2D eigenvalue weighted by atomic mass is 10.0. The third kappa shape index (κ3) is 5.50. The molecule has 2 N–H and O–H groups in total. The molecule has 0 saturated heterocycles. The molecule has 4 rings (SSSR count). The fourth-order valence-corrected chi connectivity index (χ4v) is 4.17. The smallest absolute Gasteiger partial charge is 0.251 e. The van der Waals surface area contributed by atoms with Crippen LogP contribution in [-0.4, -0.2) is 39.7 Å². The lowest BCUT2D eigenvalue weighted by Crippen LogP contribution is -2.47. The summed E-state index contributed by atoms with van der Waals surface area (Å²) in [5.74, 6) is 0.510. The zero-order valence-electron chi connectivity index (χ0n) is 20.2. The van der Waals surface area contributed by atoms with Gasteiger partial charge < -0.3 is 19.9 Å². The van der Waals surface area contributed by atoms with E-state index in [1.54, 1.807) is 43.5 Å². The molecule has 0 aliphatic carbocycles. The van der Waals surface area contributed by atoms with Gasteiger partial charge >= 0.3 is 0 Å². The van der Waals surface area contributed by atoms with Gasteiger partial charge in [-0.05, 0) is 61.2 Å². The normalized spacial score (nSPS) is 14.1. The molecule has 1 aliphatic rings. The van der Waals surface area contributed by atoms with Gasteiger partial charge in [-0.1, -0.05) is 20.3 Å². The summed E-state index contributed by atoms with van der Waals surface area (Å²) >= 11 is 0. The number of anilines is 1. The highest BCUT2D eigenvalue weighted by molar-refractivity contribution is 6.01. The Morgan fingerprint density at radius 1 is 1.06 bits per heavy atom. The van der Waals surface area contributed by atoms with Crippen molar-refractivity contribution in [1.82, 2.24) is 20.1 Å². The average Bonchev–Trinajstić information content (AvgIpc) is 3.11. The third-order valence-electron chi connectivity index (χ3n) is 6.18. The van der Waals surface area contributed by atoms with Crippen molar-refractivity contribution in [1.29, 1.82) is 0 Å². The van der Waals surface area contributed by atoms with Crippen molar-refractivity contribution in [2.75, 3.05) is 12.4 Å². The van der Waals surface area contributed by atoms with Gasteiger partial charge in [0.1, 0.15) is 23.4 Å². The number of carbonyl (C=O) groups is 2. The third-order valence-corrected chi connectivity index (χ3v) is 6.18. The average molecular weight is 480 g/mol. The number of aryl methyl sites for hydroxylation is 1. The van der Waals surface area contributed by atoms with Crippen molar-refractivity contribution in [2.24, 2.45) is 5.92 Å². The minimum atomic E-state index is -0.864. The van der Waals surface area contributed by atoms with Crippen molar-refractivity contribution < 1.29 is 18.7 Å². The lowest BCUT2D eigenvalue weighted by molar-refractivity contribution is -0.118. The first kappa shape index (κ1) is 24.4. The van der Waals surface area contributed by atoms with E-state index in [4.69, 9.17) is 4.74 Å². The first-order valence-corrected chi connectivity index (χ1v) is 11.8. The van der Waals surface area contributed by atoms with Crippen LogP contribution in [0.1, 0.15) is 49.3 Å². The summed E-state index contributed by atoms with van der Waals surface area (Å²) in [4.78, 5) is 25.8. The topological polar surface area (TPSA) is 98.1 Å². The number of fused-ring (bicyclic) bond motifs is 1. The number of halogens is 1. The Hall–Kier alpha value is -3.75. The lowest BCUT2D eigenvalue weighted by Gasteiger charge is -2.22. The number of hydrogen-bond donors (Lipinski definition) is 2. The summed E-state index contributed by atoms with van der Waals surface area (Å²) in [6, 6.07) is 10.2. The Kier molecular flexibility index (Phi) is 7.43. The predicted octanol–water partition coefficient (Wildman–Crippen LogP) is 4.21. The van der Waals surface area contributed by atoms with E-state index in [9.17, 15) is 14.0 Å².